The van der Waals surface area contributed by atoms with Gasteiger partial charge in [-0.25, -0.2) is 4.98 Å². The molecule has 16 nitrogen and oxygen atoms in total. The second-order valence-electron chi connectivity index (χ2n) is 14.0. The van der Waals surface area contributed by atoms with Crippen LogP contribution in [0.5, 0.6) is 0 Å². The molecule has 4 aromatic rings. The summed E-state index contributed by atoms with van der Waals surface area (Å²) in [5.74, 6) is -1.96. The molecule has 1 aromatic heterocycles. The molecule has 5 N–H and O–H groups in total. The van der Waals surface area contributed by atoms with Crippen molar-refractivity contribution in [3.8, 4) is 0 Å². The van der Waals surface area contributed by atoms with E-state index in [1.807, 2.05) is 18.2 Å². The summed E-state index contributed by atoms with van der Waals surface area (Å²) in [5.41, 5.74) is 4.03. The first kappa shape index (κ1) is 38.3. The monoisotopic (exact) mass is 764 g/mol. The van der Waals surface area contributed by atoms with Gasteiger partial charge in [-0.15, -0.1) is 0 Å². The number of carbonyl (C=O) groups excluding carboxylic acids is 6. The number of imide groups is 2. The third kappa shape index (κ3) is 8.77. The second-order valence-corrected chi connectivity index (χ2v) is 14.0. The predicted molar refractivity (Wildman–Crippen MR) is 205 cm³/mol. The summed E-state index contributed by atoms with van der Waals surface area (Å²) in [6.07, 6.45) is 2.55. The van der Waals surface area contributed by atoms with Crippen molar-refractivity contribution in [2.45, 2.75) is 51.2 Å². The minimum atomic E-state index is -1.01. The number of anilines is 2. The molecule has 4 heterocycles. The number of aromatic nitrogens is 2. The third-order valence-electron chi connectivity index (χ3n) is 10.1. The zero-order valence-corrected chi connectivity index (χ0v) is 31.0. The van der Waals surface area contributed by atoms with Gasteiger partial charge in [-0.1, -0.05) is 6.07 Å². The van der Waals surface area contributed by atoms with Crippen LogP contribution in [-0.4, -0.2) is 113 Å². The van der Waals surface area contributed by atoms with E-state index in [-0.39, 0.29) is 48.9 Å². The lowest BCUT2D eigenvalue weighted by molar-refractivity contribution is -0.136. The van der Waals surface area contributed by atoms with Crippen molar-refractivity contribution in [3.05, 3.63) is 88.7 Å². The van der Waals surface area contributed by atoms with Gasteiger partial charge in [0, 0.05) is 48.1 Å². The van der Waals surface area contributed by atoms with Crippen molar-refractivity contribution in [2.75, 3.05) is 56.7 Å². The zero-order chi connectivity index (χ0) is 39.2. The van der Waals surface area contributed by atoms with Gasteiger partial charge in [0.2, 0.25) is 11.8 Å². The van der Waals surface area contributed by atoms with Gasteiger partial charge in [0.15, 0.2) is 0 Å². The van der Waals surface area contributed by atoms with Crippen molar-refractivity contribution in [3.63, 3.8) is 0 Å². The van der Waals surface area contributed by atoms with Gasteiger partial charge in [-0.3, -0.25) is 43.9 Å². The highest BCUT2D eigenvalue weighted by atomic mass is 16.5. The molecule has 56 heavy (non-hydrogen) atoms. The van der Waals surface area contributed by atoms with E-state index in [0.29, 0.717) is 54.9 Å². The van der Waals surface area contributed by atoms with Crippen molar-refractivity contribution in [2.24, 2.45) is 0 Å². The van der Waals surface area contributed by atoms with Crippen LogP contribution in [0, 0.1) is 0 Å². The van der Waals surface area contributed by atoms with E-state index in [4.69, 9.17) is 14.5 Å². The lowest BCUT2D eigenvalue weighted by atomic mass is 10.0. The smallest absolute Gasteiger partial charge is 0.262 e. The number of aromatic amines is 1. The molecule has 0 saturated carbocycles. The largest absolute Gasteiger partial charge is 0.383 e. The number of H-pyrrole nitrogens is 1. The maximum absolute atomic E-state index is 13.1. The summed E-state index contributed by atoms with van der Waals surface area (Å²) in [7, 11) is 0. The second kappa shape index (κ2) is 17.2. The van der Waals surface area contributed by atoms with Crippen LogP contribution in [0.15, 0.2) is 60.7 Å². The van der Waals surface area contributed by atoms with Crippen molar-refractivity contribution >= 4 is 57.9 Å². The number of hydrogen-bond donors (Lipinski definition) is 5. The number of piperidine rings is 1. The normalized spacial score (nSPS) is 18.3. The van der Waals surface area contributed by atoms with Crippen LogP contribution in [0.4, 0.5) is 11.4 Å². The Kier molecular flexibility index (Phi) is 11.8. The zero-order valence-electron chi connectivity index (χ0n) is 31.0. The molecule has 7 rings (SSSR count). The molecule has 292 valence electrons. The fraction of sp³-hybridized carbons (Fsp3) is 0.375. The molecule has 2 fully saturated rings. The third-order valence-corrected chi connectivity index (χ3v) is 10.1. The molecule has 0 aliphatic carbocycles. The van der Waals surface area contributed by atoms with Gasteiger partial charge in [-0.2, -0.15) is 0 Å². The Bertz CT molecular complexity index is 2170. The summed E-state index contributed by atoms with van der Waals surface area (Å²) in [6, 6.07) is 16.4. The van der Waals surface area contributed by atoms with Crippen LogP contribution in [0.1, 0.15) is 79.9 Å². The van der Waals surface area contributed by atoms with E-state index in [9.17, 15) is 28.8 Å². The fourth-order valence-electron chi connectivity index (χ4n) is 7.15. The van der Waals surface area contributed by atoms with Crippen LogP contribution in [0.3, 0.4) is 0 Å². The Morgan fingerprint density at radius 2 is 1.59 bits per heavy atom. The predicted octanol–water partition coefficient (Wildman–Crippen LogP) is 3.08. The average Bonchev–Trinajstić information content (AvgIpc) is 3.86. The first-order valence-corrected chi connectivity index (χ1v) is 18.8. The highest BCUT2D eigenvalue weighted by Crippen LogP contribution is 2.29. The first-order valence-electron chi connectivity index (χ1n) is 18.8. The number of amides is 6. The highest BCUT2D eigenvalue weighted by molar-refractivity contribution is 6.23. The van der Waals surface area contributed by atoms with E-state index in [2.05, 4.69) is 38.1 Å². The Morgan fingerprint density at radius 3 is 2.36 bits per heavy atom. The number of likely N-dealkylation sites (tertiary alicyclic amines) is 1. The molecule has 0 spiro atoms. The Balaban J connectivity index is 0.777. The van der Waals surface area contributed by atoms with E-state index < -0.39 is 29.7 Å². The summed E-state index contributed by atoms with van der Waals surface area (Å²) in [6.45, 7) is 5.98. The minimum Gasteiger partial charge on any atom is -0.383 e. The summed E-state index contributed by atoms with van der Waals surface area (Å²) >= 11 is 0. The van der Waals surface area contributed by atoms with Gasteiger partial charge in [0.05, 0.1) is 55.1 Å². The van der Waals surface area contributed by atoms with Crippen molar-refractivity contribution < 1.29 is 38.2 Å². The summed E-state index contributed by atoms with van der Waals surface area (Å²) in [4.78, 5) is 87.0. The number of benzene rings is 3. The van der Waals surface area contributed by atoms with E-state index in [1.54, 1.807) is 42.5 Å². The molecule has 0 radical (unpaired) electrons. The molecule has 6 amide bonds. The van der Waals surface area contributed by atoms with E-state index in [1.165, 1.54) is 12.8 Å². The maximum atomic E-state index is 13.1. The van der Waals surface area contributed by atoms with Gasteiger partial charge in [0.1, 0.15) is 11.9 Å². The summed E-state index contributed by atoms with van der Waals surface area (Å²) < 4.78 is 11.2. The van der Waals surface area contributed by atoms with Gasteiger partial charge < -0.3 is 30.4 Å². The number of carbonyl (C=O) groups is 6. The fourth-order valence-corrected chi connectivity index (χ4v) is 7.15. The number of ether oxygens (including phenoxy) is 2. The molecule has 1 unspecified atom stereocenters. The van der Waals surface area contributed by atoms with Crippen LogP contribution in [0.25, 0.3) is 11.0 Å². The SMILES string of the molecule is C[C@H]1CCCN1Cc1nc2ccc(NC(=O)c3cccc(C(=O)NCCOCCOCCNc4ccc5c(c4)C(=O)N(C4CCC(=O)NC4=O)C5=O)c3)cc2[nH]1. The number of nitrogens with zero attached hydrogens (tertiary/aromatic N) is 3. The molecule has 3 aliphatic rings. The average molecular weight is 765 g/mol. The Morgan fingerprint density at radius 1 is 0.839 bits per heavy atom. The minimum absolute atomic E-state index is 0.0580. The molecule has 0 bridgehead atoms. The van der Waals surface area contributed by atoms with E-state index in [0.717, 1.165) is 34.8 Å². The molecule has 2 saturated heterocycles. The molecule has 3 aromatic carbocycles. The van der Waals surface area contributed by atoms with Crippen molar-refractivity contribution in [1.82, 2.24) is 30.4 Å². The first-order chi connectivity index (χ1) is 27.1. The standard InChI is InChI=1S/C40H44N8O8/c1-24-4-3-15-47(24)23-34-44-31-10-8-28(22-32(31)45-34)43-37(51)26-6-2-5-25(20-26)36(50)42-14-17-56-19-18-55-16-13-41-27-7-9-29-30(21-27)40(54)48(39(29)53)33-11-12-35(49)46-38(33)52/h2,5-10,20-22,24,33,41H,3-4,11-19,23H2,1H3,(H,42,50)(H,43,51)(H,44,45)(H,46,49,52)/t24-,33?/m0/s1. The number of fused-ring (bicyclic) bond motifs is 2. The maximum Gasteiger partial charge on any atom is 0.262 e. The van der Waals surface area contributed by atoms with Crippen molar-refractivity contribution in [1.29, 1.82) is 0 Å². The highest BCUT2D eigenvalue weighted by Gasteiger charge is 2.44. The van der Waals surface area contributed by atoms with Gasteiger partial charge >= 0.3 is 0 Å². The quantitative estimate of drug-likeness (QED) is 0.0829. The van der Waals surface area contributed by atoms with Crippen LogP contribution in [0.2, 0.25) is 0 Å². The topological polar surface area (TPSA) is 204 Å². The van der Waals surface area contributed by atoms with Gasteiger partial charge in [0.25, 0.3) is 23.6 Å². The Labute approximate surface area is 322 Å². The van der Waals surface area contributed by atoms with Gasteiger partial charge in [-0.05, 0) is 87.3 Å². The number of nitrogens with one attached hydrogen (secondary N) is 5. The van der Waals surface area contributed by atoms with E-state index >= 15 is 0 Å². The lowest BCUT2D eigenvalue weighted by Gasteiger charge is -2.27. The number of rotatable bonds is 16. The Hall–Kier alpha value is -5.97. The van der Waals surface area contributed by atoms with Crippen LogP contribution >= 0.6 is 0 Å². The molecular formula is C40H44N8O8. The molecule has 3 aliphatic heterocycles. The molecule has 2 atom stereocenters. The molecular weight excluding hydrogens is 720 g/mol. The molecule has 16 heteroatoms. The van der Waals surface area contributed by atoms with Crippen LogP contribution in [-0.2, 0) is 25.6 Å². The summed E-state index contributed by atoms with van der Waals surface area (Å²) in [5, 5.41) is 11.1. The lowest BCUT2D eigenvalue weighted by Crippen LogP contribution is -2.54. The van der Waals surface area contributed by atoms with Crippen LogP contribution < -0.4 is 21.3 Å². The number of hydrogen-bond acceptors (Lipinski definition) is 11. The number of imidazole rings is 1.